The van der Waals surface area contributed by atoms with Gasteiger partial charge < -0.3 is 20.7 Å². The SMILES string of the molecule is CCCc1ccnc(NC(=O)c2ccc(-c3nc(C4CCCCN4C(=O)C=CCOC)n4ccnc(N)c34)cc2)c1. The molecule has 10 nitrogen and oxygen atoms in total. The number of hydrogen-bond acceptors (Lipinski definition) is 7. The number of fused-ring (bicyclic) bond motifs is 1. The third kappa shape index (κ3) is 6.12. The number of likely N-dealkylation sites (tertiary alicyclic amines) is 1. The molecule has 4 aromatic rings. The minimum atomic E-state index is -0.243. The zero-order chi connectivity index (χ0) is 28.8. The molecule has 4 heterocycles. The first-order valence-corrected chi connectivity index (χ1v) is 14.0. The zero-order valence-electron chi connectivity index (χ0n) is 23.4. The summed E-state index contributed by atoms with van der Waals surface area (Å²) in [5, 5.41) is 2.89. The number of imidazole rings is 1. The average molecular weight is 554 g/mol. The Hall–Kier alpha value is -4.57. The van der Waals surface area contributed by atoms with E-state index in [0.717, 1.165) is 49.1 Å². The number of pyridine rings is 1. The molecule has 10 heteroatoms. The van der Waals surface area contributed by atoms with Gasteiger partial charge in [0.05, 0.1) is 12.6 Å². The lowest BCUT2D eigenvalue weighted by Gasteiger charge is -2.34. The van der Waals surface area contributed by atoms with Gasteiger partial charge in [0.15, 0.2) is 0 Å². The van der Waals surface area contributed by atoms with Crippen LogP contribution >= 0.6 is 0 Å². The molecule has 1 aliphatic heterocycles. The predicted octanol–water partition coefficient (Wildman–Crippen LogP) is 4.83. The van der Waals surface area contributed by atoms with Crippen molar-refractivity contribution in [2.45, 2.75) is 45.1 Å². The number of methoxy groups -OCH3 is 1. The number of carbonyl (C=O) groups excluding carboxylic acids is 2. The Morgan fingerprint density at radius 1 is 1.15 bits per heavy atom. The normalized spacial score (nSPS) is 15.5. The van der Waals surface area contributed by atoms with Crippen molar-refractivity contribution in [2.75, 3.05) is 31.3 Å². The van der Waals surface area contributed by atoms with Crippen molar-refractivity contribution >= 4 is 29.0 Å². The molecule has 1 saturated heterocycles. The van der Waals surface area contributed by atoms with Gasteiger partial charge in [-0.15, -0.1) is 0 Å². The van der Waals surface area contributed by atoms with Crippen LogP contribution in [0.5, 0.6) is 0 Å². The van der Waals surface area contributed by atoms with Gasteiger partial charge in [0, 0.05) is 49.4 Å². The van der Waals surface area contributed by atoms with E-state index in [1.807, 2.05) is 39.8 Å². The number of aryl methyl sites for hydroxylation is 1. The highest BCUT2D eigenvalue weighted by molar-refractivity contribution is 6.04. The van der Waals surface area contributed by atoms with E-state index in [-0.39, 0.29) is 17.9 Å². The molecule has 2 amide bonds. The smallest absolute Gasteiger partial charge is 0.256 e. The number of nitrogen functional groups attached to an aromatic ring is 1. The lowest BCUT2D eigenvalue weighted by molar-refractivity contribution is -0.130. The molecule has 3 aromatic heterocycles. The van der Waals surface area contributed by atoms with Crippen LogP contribution in [0.15, 0.2) is 67.1 Å². The van der Waals surface area contributed by atoms with Gasteiger partial charge >= 0.3 is 0 Å². The first-order chi connectivity index (χ1) is 20.0. The van der Waals surface area contributed by atoms with Crippen LogP contribution in [0.1, 0.15) is 60.4 Å². The Labute approximate surface area is 239 Å². The maximum absolute atomic E-state index is 13.1. The number of carbonyl (C=O) groups is 2. The van der Waals surface area contributed by atoms with E-state index in [9.17, 15) is 9.59 Å². The van der Waals surface area contributed by atoms with Crippen molar-refractivity contribution < 1.29 is 14.3 Å². The van der Waals surface area contributed by atoms with Crippen molar-refractivity contribution in [3.05, 3.63) is 84.1 Å². The van der Waals surface area contributed by atoms with Gasteiger partial charge in [0.2, 0.25) is 5.91 Å². The minimum Gasteiger partial charge on any atom is -0.382 e. The second-order valence-corrected chi connectivity index (χ2v) is 10.1. The van der Waals surface area contributed by atoms with Crippen molar-refractivity contribution in [1.29, 1.82) is 0 Å². The standard InChI is InChI=1S/C31H35N7O3/c1-3-7-21-14-15-33-25(20-21)35-31(40)23-12-10-22(11-13-23)27-28-29(32)34-16-18-38(28)30(36-27)24-8-4-5-17-37(24)26(39)9-6-19-41-2/h6,9-16,18,20,24H,3-5,7-8,17,19H2,1-2H3,(H2,32,34)(H,33,35,40). The molecule has 0 aliphatic carbocycles. The van der Waals surface area contributed by atoms with Crippen LogP contribution in [0.4, 0.5) is 11.6 Å². The first kappa shape index (κ1) is 28.0. The molecule has 1 unspecified atom stereocenters. The molecule has 0 radical (unpaired) electrons. The van der Waals surface area contributed by atoms with Crippen LogP contribution in [0.3, 0.4) is 0 Å². The highest BCUT2D eigenvalue weighted by Crippen LogP contribution is 2.36. The Kier molecular flexibility index (Phi) is 8.69. The number of piperidine rings is 1. The number of hydrogen-bond donors (Lipinski definition) is 2. The summed E-state index contributed by atoms with van der Waals surface area (Å²) in [6, 6.07) is 10.9. The van der Waals surface area contributed by atoms with Crippen LogP contribution < -0.4 is 11.1 Å². The van der Waals surface area contributed by atoms with Crippen LogP contribution in [0, 0.1) is 0 Å². The number of nitrogens with one attached hydrogen (secondary N) is 1. The summed E-state index contributed by atoms with van der Waals surface area (Å²) in [5.74, 6) is 1.29. The molecule has 3 N–H and O–H groups in total. The Balaban J connectivity index is 1.44. The Morgan fingerprint density at radius 2 is 1.98 bits per heavy atom. The summed E-state index contributed by atoms with van der Waals surface area (Å²) in [6.45, 7) is 3.13. The van der Waals surface area contributed by atoms with E-state index in [0.29, 0.717) is 41.6 Å². The van der Waals surface area contributed by atoms with E-state index in [1.54, 1.807) is 43.8 Å². The van der Waals surface area contributed by atoms with Gasteiger partial charge in [-0.3, -0.25) is 14.0 Å². The van der Waals surface area contributed by atoms with E-state index in [4.69, 9.17) is 15.5 Å². The van der Waals surface area contributed by atoms with E-state index < -0.39 is 0 Å². The fraction of sp³-hybridized carbons (Fsp3) is 0.323. The number of nitrogens with two attached hydrogens (primary N) is 1. The lowest BCUT2D eigenvalue weighted by Crippen LogP contribution is -2.38. The maximum Gasteiger partial charge on any atom is 0.256 e. The summed E-state index contributed by atoms with van der Waals surface area (Å²) < 4.78 is 6.99. The number of aromatic nitrogens is 4. The number of ether oxygens (including phenoxy) is 1. The van der Waals surface area contributed by atoms with Crippen molar-refractivity contribution in [3.63, 3.8) is 0 Å². The number of nitrogens with zero attached hydrogens (tertiary/aromatic N) is 5. The first-order valence-electron chi connectivity index (χ1n) is 14.0. The number of benzene rings is 1. The number of amides is 2. The molecular weight excluding hydrogens is 518 g/mol. The van der Waals surface area contributed by atoms with Crippen LogP contribution in [-0.4, -0.2) is 56.3 Å². The molecular formula is C31H35N7O3. The quantitative estimate of drug-likeness (QED) is 0.284. The van der Waals surface area contributed by atoms with Crippen LogP contribution in [-0.2, 0) is 16.0 Å². The lowest BCUT2D eigenvalue weighted by atomic mass is 10.0. The van der Waals surface area contributed by atoms with Gasteiger partial charge in [0.1, 0.15) is 28.7 Å². The zero-order valence-corrected chi connectivity index (χ0v) is 23.4. The average Bonchev–Trinajstić information content (AvgIpc) is 3.38. The van der Waals surface area contributed by atoms with E-state index in [1.165, 1.54) is 0 Å². The Bertz CT molecular complexity index is 1560. The second kappa shape index (κ2) is 12.7. The molecule has 5 rings (SSSR count). The van der Waals surface area contributed by atoms with Gasteiger partial charge in [-0.1, -0.05) is 31.6 Å². The molecule has 1 fully saturated rings. The number of rotatable bonds is 9. The van der Waals surface area contributed by atoms with Gasteiger partial charge in [-0.05, 0) is 55.5 Å². The molecule has 1 aromatic carbocycles. The Morgan fingerprint density at radius 3 is 2.76 bits per heavy atom. The molecule has 1 aliphatic rings. The monoisotopic (exact) mass is 553 g/mol. The highest BCUT2D eigenvalue weighted by Gasteiger charge is 2.31. The topological polar surface area (TPSA) is 128 Å². The summed E-state index contributed by atoms with van der Waals surface area (Å²) >= 11 is 0. The third-order valence-electron chi connectivity index (χ3n) is 7.24. The molecule has 0 saturated carbocycles. The van der Waals surface area contributed by atoms with Crippen LogP contribution in [0.2, 0.25) is 0 Å². The van der Waals surface area contributed by atoms with E-state index in [2.05, 4.69) is 22.2 Å². The summed E-state index contributed by atoms with van der Waals surface area (Å²) in [6.07, 6.45) is 13.1. The predicted molar refractivity (Wildman–Crippen MR) is 158 cm³/mol. The van der Waals surface area contributed by atoms with Gasteiger partial charge in [-0.2, -0.15) is 0 Å². The summed E-state index contributed by atoms with van der Waals surface area (Å²) in [5.41, 5.74) is 10.1. The summed E-state index contributed by atoms with van der Waals surface area (Å²) in [4.78, 5) is 41.5. The fourth-order valence-electron chi connectivity index (χ4n) is 5.28. The summed E-state index contributed by atoms with van der Waals surface area (Å²) in [7, 11) is 1.59. The molecule has 1 atom stereocenters. The molecule has 0 spiro atoms. The van der Waals surface area contributed by atoms with Gasteiger partial charge in [-0.25, -0.2) is 15.0 Å². The fourth-order valence-corrected chi connectivity index (χ4v) is 5.28. The van der Waals surface area contributed by atoms with E-state index >= 15 is 0 Å². The molecule has 41 heavy (non-hydrogen) atoms. The second-order valence-electron chi connectivity index (χ2n) is 10.1. The highest BCUT2D eigenvalue weighted by atomic mass is 16.5. The molecule has 0 bridgehead atoms. The third-order valence-corrected chi connectivity index (χ3v) is 7.24. The number of anilines is 2. The van der Waals surface area contributed by atoms with Crippen LogP contribution in [0.25, 0.3) is 16.8 Å². The molecule has 212 valence electrons. The minimum absolute atomic E-state index is 0.0721. The van der Waals surface area contributed by atoms with Crippen molar-refractivity contribution in [1.82, 2.24) is 24.3 Å². The maximum atomic E-state index is 13.1. The van der Waals surface area contributed by atoms with Crippen molar-refractivity contribution in [3.8, 4) is 11.3 Å². The van der Waals surface area contributed by atoms with Gasteiger partial charge in [0.25, 0.3) is 5.91 Å². The van der Waals surface area contributed by atoms with Crippen molar-refractivity contribution in [2.24, 2.45) is 0 Å². The largest absolute Gasteiger partial charge is 0.382 e.